The van der Waals surface area contributed by atoms with Gasteiger partial charge in [0.15, 0.2) is 0 Å². The fourth-order valence-corrected chi connectivity index (χ4v) is 3.01. The van der Waals surface area contributed by atoms with E-state index in [2.05, 4.69) is 42.7 Å². The maximum absolute atomic E-state index is 5.35. The molecule has 0 aliphatic heterocycles. The van der Waals surface area contributed by atoms with Gasteiger partial charge in [0, 0.05) is 11.4 Å². The van der Waals surface area contributed by atoms with Crippen LogP contribution in [0.4, 0.5) is 0 Å². The molecule has 1 heterocycles. The van der Waals surface area contributed by atoms with Crippen LogP contribution in [-0.4, -0.2) is 14.2 Å². The molecule has 0 fully saturated rings. The monoisotopic (exact) mass is 261 g/mol. The molecule has 0 unspecified atom stereocenters. The lowest BCUT2D eigenvalue weighted by molar-refractivity contribution is 0.411. The molecule has 0 aliphatic carbocycles. The lowest BCUT2D eigenvalue weighted by Gasteiger charge is -2.10. The lowest BCUT2D eigenvalue weighted by atomic mass is 10.00. The summed E-state index contributed by atoms with van der Waals surface area (Å²) in [4.78, 5) is 1.36. The number of methoxy groups -OCH3 is 1. The fraction of sp³-hybridized carbons (Fsp3) is 0.333. The van der Waals surface area contributed by atoms with Crippen LogP contribution in [0, 0.1) is 13.8 Å². The van der Waals surface area contributed by atoms with E-state index in [4.69, 9.17) is 4.74 Å². The van der Waals surface area contributed by atoms with Crippen molar-refractivity contribution in [2.24, 2.45) is 0 Å². The number of ether oxygens (including phenoxy) is 1. The van der Waals surface area contributed by atoms with E-state index in [0.717, 1.165) is 12.3 Å². The molecule has 2 nitrogen and oxygen atoms in total. The highest BCUT2D eigenvalue weighted by Crippen LogP contribution is 2.32. The molecule has 3 heteroatoms. The second-order valence-corrected chi connectivity index (χ2v) is 5.46. The van der Waals surface area contributed by atoms with Crippen LogP contribution >= 0.6 is 11.3 Å². The van der Waals surface area contributed by atoms with E-state index in [1.165, 1.54) is 27.1 Å². The van der Waals surface area contributed by atoms with Gasteiger partial charge in [-0.15, -0.1) is 11.3 Å². The van der Waals surface area contributed by atoms with Crippen molar-refractivity contribution in [3.05, 3.63) is 39.6 Å². The Hall–Kier alpha value is -1.32. The van der Waals surface area contributed by atoms with Crippen molar-refractivity contribution < 1.29 is 4.74 Å². The number of hydrogen-bond acceptors (Lipinski definition) is 3. The van der Waals surface area contributed by atoms with Crippen molar-refractivity contribution in [3.8, 4) is 16.9 Å². The van der Waals surface area contributed by atoms with E-state index in [-0.39, 0.29) is 0 Å². The zero-order valence-corrected chi connectivity index (χ0v) is 12.1. The lowest BCUT2D eigenvalue weighted by Crippen LogP contribution is -2.02. The number of aryl methyl sites for hydroxylation is 2. The van der Waals surface area contributed by atoms with E-state index in [1.807, 2.05) is 7.05 Å². The van der Waals surface area contributed by atoms with Gasteiger partial charge in [-0.2, -0.15) is 0 Å². The Morgan fingerprint density at radius 3 is 2.61 bits per heavy atom. The molecule has 0 saturated heterocycles. The quantitative estimate of drug-likeness (QED) is 0.905. The van der Waals surface area contributed by atoms with Crippen molar-refractivity contribution >= 4 is 11.3 Å². The average Bonchev–Trinajstić information content (AvgIpc) is 2.80. The summed E-state index contributed by atoms with van der Waals surface area (Å²) in [7, 11) is 3.69. The Bertz CT molecular complexity index is 545. The summed E-state index contributed by atoms with van der Waals surface area (Å²) in [5.41, 5.74) is 5.03. The Balaban J connectivity index is 2.40. The molecule has 18 heavy (non-hydrogen) atoms. The molecule has 1 aromatic carbocycles. The van der Waals surface area contributed by atoms with Crippen molar-refractivity contribution in [3.63, 3.8) is 0 Å². The maximum Gasteiger partial charge on any atom is 0.122 e. The smallest absolute Gasteiger partial charge is 0.122 e. The Labute approximate surface area is 113 Å². The molecular formula is C15H19NOS. The van der Waals surface area contributed by atoms with E-state index in [9.17, 15) is 0 Å². The first kappa shape index (κ1) is 13.1. The fourth-order valence-electron chi connectivity index (χ4n) is 2.11. The second-order valence-electron chi connectivity index (χ2n) is 4.47. The molecule has 0 radical (unpaired) electrons. The predicted molar refractivity (Wildman–Crippen MR) is 78.5 cm³/mol. The van der Waals surface area contributed by atoms with Crippen molar-refractivity contribution in [2.45, 2.75) is 20.4 Å². The third-order valence-electron chi connectivity index (χ3n) is 3.06. The molecule has 0 bridgehead atoms. The molecule has 0 amide bonds. The highest BCUT2D eigenvalue weighted by Gasteiger charge is 2.08. The molecule has 0 atom stereocenters. The van der Waals surface area contributed by atoms with Crippen LogP contribution in [0.2, 0.25) is 0 Å². The molecule has 0 spiro atoms. The Kier molecular flexibility index (Phi) is 4.04. The summed E-state index contributed by atoms with van der Waals surface area (Å²) < 4.78 is 5.35. The summed E-state index contributed by atoms with van der Waals surface area (Å²) >= 11 is 1.80. The van der Waals surface area contributed by atoms with Crippen LogP contribution in [0.15, 0.2) is 23.6 Å². The molecule has 2 aromatic rings. The number of benzene rings is 1. The van der Waals surface area contributed by atoms with Crippen molar-refractivity contribution in [2.75, 3.05) is 14.2 Å². The molecule has 2 rings (SSSR count). The van der Waals surface area contributed by atoms with E-state index < -0.39 is 0 Å². The average molecular weight is 261 g/mol. The van der Waals surface area contributed by atoms with Gasteiger partial charge < -0.3 is 10.1 Å². The van der Waals surface area contributed by atoms with Gasteiger partial charge in [0.1, 0.15) is 5.75 Å². The first-order valence-corrected chi connectivity index (χ1v) is 6.91. The highest BCUT2D eigenvalue weighted by atomic mass is 32.1. The van der Waals surface area contributed by atoms with Crippen LogP contribution in [0.25, 0.3) is 11.1 Å². The van der Waals surface area contributed by atoms with Gasteiger partial charge in [0.05, 0.1) is 7.11 Å². The molecular weight excluding hydrogens is 242 g/mol. The zero-order chi connectivity index (χ0) is 13.1. The minimum atomic E-state index is 0.929. The summed E-state index contributed by atoms with van der Waals surface area (Å²) in [5.74, 6) is 0.960. The van der Waals surface area contributed by atoms with E-state index in [1.54, 1.807) is 18.4 Å². The largest absolute Gasteiger partial charge is 0.496 e. The molecule has 0 aliphatic rings. The van der Waals surface area contributed by atoms with Gasteiger partial charge in [-0.05, 0) is 66.7 Å². The summed E-state index contributed by atoms with van der Waals surface area (Å²) in [6.07, 6.45) is 0. The third-order valence-corrected chi connectivity index (χ3v) is 3.99. The van der Waals surface area contributed by atoms with Gasteiger partial charge in [-0.1, -0.05) is 0 Å². The molecule has 1 N–H and O–H groups in total. The summed E-state index contributed by atoms with van der Waals surface area (Å²) in [5, 5.41) is 5.41. The first-order valence-electron chi connectivity index (χ1n) is 6.03. The van der Waals surface area contributed by atoms with Crippen LogP contribution in [0.3, 0.4) is 0 Å². The highest BCUT2D eigenvalue weighted by molar-refractivity contribution is 7.10. The predicted octanol–water partition coefficient (Wildman–Crippen LogP) is 3.76. The van der Waals surface area contributed by atoms with Crippen LogP contribution in [0.1, 0.15) is 16.0 Å². The van der Waals surface area contributed by atoms with Gasteiger partial charge in [0.25, 0.3) is 0 Å². The van der Waals surface area contributed by atoms with E-state index >= 15 is 0 Å². The topological polar surface area (TPSA) is 21.3 Å². The SMILES string of the molecule is CNCc1cc(-c2cc(C)c(OC)cc2C)cs1. The summed E-state index contributed by atoms with van der Waals surface area (Å²) in [6, 6.07) is 6.58. The van der Waals surface area contributed by atoms with Gasteiger partial charge in [0.2, 0.25) is 0 Å². The Morgan fingerprint density at radius 1 is 1.17 bits per heavy atom. The normalized spacial score (nSPS) is 10.7. The number of nitrogens with one attached hydrogen (secondary N) is 1. The van der Waals surface area contributed by atoms with Gasteiger partial charge in [-0.25, -0.2) is 0 Å². The minimum Gasteiger partial charge on any atom is -0.496 e. The van der Waals surface area contributed by atoms with Crippen LogP contribution < -0.4 is 10.1 Å². The maximum atomic E-state index is 5.35. The number of hydrogen-bond donors (Lipinski definition) is 1. The van der Waals surface area contributed by atoms with Crippen LogP contribution in [0.5, 0.6) is 5.75 Å². The van der Waals surface area contributed by atoms with Crippen molar-refractivity contribution in [1.29, 1.82) is 0 Å². The summed E-state index contributed by atoms with van der Waals surface area (Å²) in [6.45, 7) is 5.15. The standard InChI is InChI=1S/C15H19NOS/c1-10-6-15(17-4)11(2)5-14(10)12-7-13(8-16-3)18-9-12/h5-7,9,16H,8H2,1-4H3. The molecule has 1 aromatic heterocycles. The van der Waals surface area contributed by atoms with Gasteiger partial charge >= 0.3 is 0 Å². The minimum absolute atomic E-state index is 0.929. The first-order chi connectivity index (χ1) is 8.65. The Morgan fingerprint density at radius 2 is 1.94 bits per heavy atom. The molecule has 96 valence electrons. The van der Waals surface area contributed by atoms with Crippen molar-refractivity contribution in [1.82, 2.24) is 5.32 Å². The number of thiophene rings is 1. The third kappa shape index (κ3) is 2.57. The number of rotatable bonds is 4. The van der Waals surface area contributed by atoms with Crippen LogP contribution in [-0.2, 0) is 6.54 Å². The van der Waals surface area contributed by atoms with Gasteiger partial charge in [-0.3, -0.25) is 0 Å². The zero-order valence-electron chi connectivity index (χ0n) is 11.3. The second kappa shape index (κ2) is 5.55. The van der Waals surface area contributed by atoms with E-state index in [0.29, 0.717) is 0 Å². The molecule has 0 saturated carbocycles.